The van der Waals surface area contributed by atoms with Gasteiger partial charge in [-0.2, -0.15) is 0 Å². The normalized spacial score (nSPS) is 25.9. The molecule has 4 heteroatoms. The molecule has 2 atom stereocenters. The Hall–Kier alpha value is -1.71. The largest absolute Gasteiger partial charge is 0.478 e. The van der Waals surface area contributed by atoms with Crippen molar-refractivity contribution >= 4 is 17.3 Å². The number of carboxylic acids is 1. The number of nitrogens with one attached hydrogen (secondary N) is 1. The van der Waals surface area contributed by atoms with E-state index in [4.69, 9.17) is 5.11 Å². The summed E-state index contributed by atoms with van der Waals surface area (Å²) in [5.41, 5.74) is 2.42. The Labute approximate surface area is 107 Å². The van der Waals surface area contributed by atoms with Crippen LogP contribution in [0.5, 0.6) is 0 Å². The molecular formula is C14H18N2O2. The second-order valence-corrected chi connectivity index (χ2v) is 5.25. The van der Waals surface area contributed by atoms with Crippen molar-refractivity contribution in [3.63, 3.8) is 0 Å². The maximum Gasteiger partial charge on any atom is 0.335 e. The average molecular weight is 246 g/mol. The molecule has 0 saturated heterocycles. The van der Waals surface area contributed by atoms with Crippen LogP contribution in [0.3, 0.4) is 0 Å². The monoisotopic (exact) mass is 246 g/mol. The van der Waals surface area contributed by atoms with Gasteiger partial charge in [-0.3, -0.25) is 0 Å². The fraction of sp³-hybridized carbons (Fsp3) is 0.500. The molecule has 2 aliphatic rings. The van der Waals surface area contributed by atoms with Crippen LogP contribution in [-0.4, -0.2) is 30.2 Å². The van der Waals surface area contributed by atoms with Gasteiger partial charge in [0, 0.05) is 19.1 Å². The highest BCUT2D eigenvalue weighted by atomic mass is 16.4. The molecule has 1 saturated carbocycles. The number of carbonyl (C=O) groups is 1. The van der Waals surface area contributed by atoms with Crippen LogP contribution >= 0.6 is 0 Å². The predicted molar refractivity (Wildman–Crippen MR) is 71.5 cm³/mol. The smallest absolute Gasteiger partial charge is 0.335 e. The number of hydrogen-bond donors (Lipinski definition) is 2. The van der Waals surface area contributed by atoms with E-state index in [2.05, 4.69) is 17.3 Å². The molecule has 96 valence electrons. The number of fused-ring (bicyclic) bond motifs is 2. The summed E-state index contributed by atoms with van der Waals surface area (Å²) in [6.45, 7) is 0. The molecule has 0 aromatic heterocycles. The summed E-state index contributed by atoms with van der Waals surface area (Å²) >= 11 is 0. The first-order valence-corrected chi connectivity index (χ1v) is 6.53. The maximum absolute atomic E-state index is 11.0. The average Bonchev–Trinajstić information content (AvgIpc) is 2.38. The van der Waals surface area contributed by atoms with Gasteiger partial charge in [0.2, 0.25) is 0 Å². The maximum atomic E-state index is 11.0. The van der Waals surface area contributed by atoms with Gasteiger partial charge in [0.15, 0.2) is 0 Å². The highest BCUT2D eigenvalue weighted by Gasteiger charge is 2.33. The molecule has 2 unspecified atom stereocenters. The van der Waals surface area contributed by atoms with Crippen LogP contribution in [0.2, 0.25) is 0 Å². The lowest BCUT2D eigenvalue weighted by atomic mass is 9.87. The molecule has 0 bridgehead atoms. The molecule has 3 rings (SSSR count). The van der Waals surface area contributed by atoms with Crippen molar-refractivity contribution in [2.24, 2.45) is 0 Å². The predicted octanol–water partition coefficient (Wildman–Crippen LogP) is 2.56. The van der Waals surface area contributed by atoms with Gasteiger partial charge < -0.3 is 15.3 Å². The van der Waals surface area contributed by atoms with E-state index in [0.29, 0.717) is 17.6 Å². The summed E-state index contributed by atoms with van der Waals surface area (Å²) < 4.78 is 0. The third-order valence-corrected chi connectivity index (χ3v) is 4.19. The second-order valence-electron chi connectivity index (χ2n) is 5.25. The van der Waals surface area contributed by atoms with Crippen LogP contribution in [0.15, 0.2) is 18.2 Å². The Balaban J connectivity index is 1.98. The molecule has 0 spiro atoms. The van der Waals surface area contributed by atoms with Crippen LogP contribution in [0.4, 0.5) is 11.4 Å². The van der Waals surface area contributed by atoms with Crippen LogP contribution in [0.25, 0.3) is 0 Å². The van der Waals surface area contributed by atoms with Crippen molar-refractivity contribution in [1.29, 1.82) is 0 Å². The van der Waals surface area contributed by atoms with Crippen LogP contribution in [0, 0.1) is 0 Å². The molecule has 1 aromatic rings. The number of aromatic carboxylic acids is 1. The van der Waals surface area contributed by atoms with Crippen molar-refractivity contribution in [2.45, 2.75) is 37.8 Å². The lowest BCUT2D eigenvalue weighted by molar-refractivity contribution is 0.0697. The van der Waals surface area contributed by atoms with Crippen LogP contribution in [-0.2, 0) is 0 Å². The van der Waals surface area contributed by atoms with Crippen molar-refractivity contribution in [3.05, 3.63) is 23.8 Å². The summed E-state index contributed by atoms with van der Waals surface area (Å²) in [6.07, 6.45) is 4.94. The molecule has 1 aromatic carbocycles. The zero-order valence-electron chi connectivity index (χ0n) is 10.5. The van der Waals surface area contributed by atoms with Gasteiger partial charge in [-0.25, -0.2) is 4.79 Å². The Morgan fingerprint density at radius 1 is 1.39 bits per heavy atom. The minimum atomic E-state index is -0.868. The second kappa shape index (κ2) is 4.19. The number of nitrogens with zero attached hydrogens (tertiary/aromatic N) is 1. The fourth-order valence-corrected chi connectivity index (χ4v) is 3.21. The lowest BCUT2D eigenvalue weighted by Gasteiger charge is -2.45. The molecule has 1 heterocycles. The van der Waals surface area contributed by atoms with Crippen molar-refractivity contribution in [1.82, 2.24) is 0 Å². The highest BCUT2D eigenvalue weighted by Crippen LogP contribution is 2.38. The molecule has 18 heavy (non-hydrogen) atoms. The summed E-state index contributed by atoms with van der Waals surface area (Å²) in [4.78, 5) is 13.3. The first-order valence-electron chi connectivity index (χ1n) is 6.53. The number of hydrogen-bond acceptors (Lipinski definition) is 3. The van der Waals surface area contributed by atoms with E-state index < -0.39 is 5.97 Å². The van der Waals surface area contributed by atoms with E-state index in [1.165, 1.54) is 25.7 Å². The number of benzene rings is 1. The summed E-state index contributed by atoms with van der Waals surface area (Å²) in [5, 5.41) is 12.6. The number of anilines is 2. The molecular weight excluding hydrogens is 228 g/mol. The lowest BCUT2D eigenvalue weighted by Crippen LogP contribution is -2.50. The van der Waals surface area contributed by atoms with Gasteiger partial charge in [-0.1, -0.05) is 12.8 Å². The third kappa shape index (κ3) is 1.72. The highest BCUT2D eigenvalue weighted by molar-refractivity contribution is 5.91. The molecule has 0 radical (unpaired) electrons. The van der Waals surface area contributed by atoms with Gasteiger partial charge in [-0.05, 0) is 31.0 Å². The Bertz CT molecular complexity index is 487. The molecule has 2 N–H and O–H groups in total. The minimum Gasteiger partial charge on any atom is -0.478 e. The minimum absolute atomic E-state index is 0.351. The summed E-state index contributed by atoms with van der Waals surface area (Å²) in [5.74, 6) is -0.868. The van der Waals surface area contributed by atoms with Gasteiger partial charge in [0.25, 0.3) is 0 Å². The topological polar surface area (TPSA) is 52.6 Å². The zero-order chi connectivity index (χ0) is 12.7. The molecule has 4 nitrogen and oxygen atoms in total. The Morgan fingerprint density at radius 2 is 2.17 bits per heavy atom. The van der Waals surface area contributed by atoms with E-state index in [1.807, 2.05) is 6.07 Å². The first kappa shape index (κ1) is 11.4. The number of rotatable bonds is 1. The van der Waals surface area contributed by atoms with E-state index in [-0.39, 0.29) is 0 Å². The Morgan fingerprint density at radius 3 is 2.94 bits per heavy atom. The number of likely N-dealkylation sites (N-methyl/N-ethyl adjacent to an activating group) is 1. The van der Waals surface area contributed by atoms with Gasteiger partial charge >= 0.3 is 5.97 Å². The van der Waals surface area contributed by atoms with Crippen LogP contribution in [0.1, 0.15) is 36.0 Å². The molecule has 1 aliphatic carbocycles. The third-order valence-electron chi connectivity index (χ3n) is 4.19. The first-order chi connectivity index (χ1) is 8.66. The quantitative estimate of drug-likeness (QED) is 0.799. The molecule has 0 amide bonds. The molecule has 1 fully saturated rings. The molecule has 1 aliphatic heterocycles. The standard InChI is InChI=1S/C14H18N2O2/c1-16-12-5-3-2-4-10(12)15-11-8-9(14(17)18)6-7-13(11)16/h6-8,10,12,15H,2-5H2,1H3,(H,17,18). The van der Waals surface area contributed by atoms with E-state index >= 15 is 0 Å². The summed E-state index contributed by atoms with van der Waals surface area (Å²) in [7, 11) is 2.11. The summed E-state index contributed by atoms with van der Waals surface area (Å²) in [6, 6.07) is 6.35. The van der Waals surface area contributed by atoms with Crippen molar-refractivity contribution < 1.29 is 9.90 Å². The fourth-order valence-electron chi connectivity index (χ4n) is 3.21. The van der Waals surface area contributed by atoms with E-state index in [0.717, 1.165) is 11.4 Å². The number of carboxylic acid groups (broad SMARTS) is 1. The van der Waals surface area contributed by atoms with Gasteiger partial charge in [0.05, 0.1) is 16.9 Å². The van der Waals surface area contributed by atoms with Crippen molar-refractivity contribution in [3.8, 4) is 0 Å². The van der Waals surface area contributed by atoms with E-state index in [1.54, 1.807) is 12.1 Å². The Kier molecular flexibility index (Phi) is 2.65. The van der Waals surface area contributed by atoms with Crippen LogP contribution < -0.4 is 10.2 Å². The van der Waals surface area contributed by atoms with Gasteiger partial charge in [-0.15, -0.1) is 0 Å². The zero-order valence-corrected chi connectivity index (χ0v) is 10.5. The SMILES string of the molecule is CN1c2ccc(C(=O)O)cc2NC2CCCCC21. The van der Waals surface area contributed by atoms with Gasteiger partial charge in [0.1, 0.15) is 0 Å². The van der Waals surface area contributed by atoms with E-state index in [9.17, 15) is 4.79 Å². The van der Waals surface area contributed by atoms with Crippen molar-refractivity contribution in [2.75, 3.05) is 17.3 Å².